The predicted molar refractivity (Wildman–Crippen MR) is 121 cm³/mol. The Morgan fingerprint density at radius 1 is 0.912 bits per heavy atom. The zero-order valence-corrected chi connectivity index (χ0v) is 20.4. The van der Waals surface area contributed by atoms with Gasteiger partial charge in [0.1, 0.15) is 24.4 Å². The fourth-order valence-corrected chi connectivity index (χ4v) is 9.45. The summed E-state index contributed by atoms with van der Waals surface area (Å²) in [7, 11) is 0. The number of fused-ring (bicyclic) bond motifs is 3. The zero-order valence-electron chi connectivity index (χ0n) is 20.4. The van der Waals surface area contributed by atoms with Crippen LogP contribution in [0.1, 0.15) is 71.6 Å². The van der Waals surface area contributed by atoms with E-state index in [0.29, 0.717) is 24.2 Å². The standard InChI is InChI=1S/C26H42O8/c1-24-7-3-8-25(2,23(32)34-22-21(31)20(30)19(29)16(13-28)33-22)17(24)6-9-26-10-14(4-5-18(24)26)15(11-26)12-27/h14-22,27-31H,3-13H2,1-2H3/t14-,15-,16-,17+,18+,19-,20+,21-,22+,24-,25-,26+/m1/s1. The minimum absolute atomic E-state index is 0.00889. The van der Waals surface area contributed by atoms with Crippen LogP contribution in [0.5, 0.6) is 0 Å². The van der Waals surface area contributed by atoms with Crippen LogP contribution in [0.3, 0.4) is 0 Å². The highest BCUT2D eigenvalue weighted by Crippen LogP contribution is 2.72. The lowest BCUT2D eigenvalue weighted by Gasteiger charge is -2.63. The maximum Gasteiger partial charge on any atom is 0.314 e. The molecule has 4 aliphatic carbocycles. The van der Waals surface area contributed by atoms with E-state index in [9.17, 15) is 30.3 Å². The maximum absolute atomic E-state index is 13.7. The second-order valence-corrected chi connectivity index (χ2v) is 12.6. The quantitative estimate of drug-likeness (QED) is 0.379. The molecule has 0 amide bonds. The van der Waals surface area contributed by atoms with Crippen LogP contribution in [0, 0.1) is 39.9 Å². The number of carbonyl (C=O) groups is 1. The summed E-state index contributed by atoms with van der Waals surface area (Å²) >= 11 is 0. The first-order valence-corrected chi connectivity index (χ1v) is 13.2. The molecule has 5 fully saturated rings. The molecule has 5 aliphatic rings. The molecule has 1 saturated heterocycles. The largest absolute Gasteiger partial charge is 0.432 e. The lowest BCUT2D eigenvalue weighted by Crippen LogP contribution is -2.61. The summed E-state index contributed by atoms with van der Waals surface area (Å²) in [5, 5.41) is 50.0. The molecule has 2 bridgehead atoms. The van der Waals surface area contributed by atoms with Crippen LogP contribution in [0.2, 0.25) is 0 Å². The van der Waals surface area contributed by atoms with E-state index >= 15 is 0 Å². The van der Waals surface area contributed by atoms with Gasteiger partial charge in [0.25, 0.3) is 0 Å². The fourth-order valence-electron chi connectivity index (χ4n) is 9.45. The van der Waals surface area contributed by atoms with Crippen molar-refractivity contribution in [2.45, 2.75) is 102 Å². The van der Waals surface area contributed by atoms with Crippen LogP contribution in [-0.4, -0.2) is 75.4 Å². The summed E-state index contributed by atoms with van der Waals surface area (Å²) in [5.41, 5.74) is -0.449. The Bertz CT molecular complexity index is 789. The number of hydrogen-bond acceptors (Lipinski definition) is 8. The number of esters is 1. The van der Waals surface area contributed by atoms with E-state index in [1.807, 2.05) is 6.92 Å². The molecule has 0 unspecified atom stereocenters. The lowest BCUT2D eigenvalue weighted by atomic mass is 9.41. The second kappa shape index (κ2) is 8.67. The molecule has 4 saturated carbocycles. The molecule has 1 spiro atoms. The van der Waals surface area contributed by atoms with Gasteiger partial charge in [0, 0.05) is 6.61 Å². The van der Waals surface area contributed by atoms with Gasteiger partial charge >= 0.3 is 5.97 Å². The van der Waals surface area contributed by atoms with Gasteiger partial charge in [-0.05, 0) is 92.8 Å². The van der Waals surface area contributed by atoms with Crippen molar-refractivity contribution in [1.82, 2.24) is 0 Å². The summed E-state index contributed by atoms with van der Waals surface area (Å²) < 4.78 is 11.2. The first-order valence-electron chi connectivity index (χ1n) is 13.2. The molecule has 5 N–H and O–H groups in total. The van der Waals surface area contributed by atoms with Gasteiger partial charge in [-0.2, -0.15) is 0 Å². The molecule has 1 aliphatic heterocycles. The SMILES string of the molecule is C[C@@]12CCC[C@@](C)(C(=O)O[C@@H]3O[C@H](CO)[C@@H](O)[C@H](O)[C@H]3O)[C@H]1CC[C@@]13C[C@@H](CC[C@H]12)[C@@H](CO)C3. The van der Waals surface area contributed by atoms with Crippen LogP contribution < -0.4 is 0 Å². The van der Waals surface area contributed by atoms with Crippen molar-refractivity contribution in [1.29, 1.82) is 0 Å². The van der Waals surface area contributed by atoms with Gasteiger partial charge < -0.3 is 35.0 Å². The van der Waals surface area contributed by atoms with E-state index in [1.165, 1.54) is 6.42 Å². The third-order valence-electron chi connectivity index (χ3n) is 11.0. The molecule has 1 heterocycles. The second-order valence-electron chi connectivity index (χ2n) is 12.6. The van der Waals surface area contributed by atoms with Gasteiger partial charge in [-0.1, -0.05) is 13.3 Å². The van der Waals surface area contributed by atoms with E-state index in [4.69, 9.17) is 9.47 Å². The molecule has 0 radical (unpaired) electrons. The number of hydrogen-bond donors (Lipinski definition) is 5. The summed E-state index contributed by atoms with van der Waals surface area (Å²) in [6.45, 7) is 4.07. The van der Waals surface area contributed by atoms with Crippen LogP contribution in [0.15, 0.2) is 0 Å². The normalized spacial score (nSPS) is 54.7. The molecule has 5 rings (SSSR count). The zero-order chi connectivity index (χ0) is 24.5. The molecular formula is C26H42O8. The summed E-state index contributed by atoms with van der Waals surface area (Å²) in [4.78, 5) is 13.7. The van der Waals surface area contributed by atoms with E-state index in [0.717, 1.165) is 44.9 Å². The first-order chi connectivity index (χ1) is 16.1. The maximum atomic E-state index is 13.7. The van der Waals surface area contributed by atoms with Crippen molar-refractivity contribution in [3.63, 3.8) is 0 Å². The van der Waals surface area contributed by atoms with Crippen molar-refractivity contribution in [2.75, 3.05) is 13.2 Å². The summed E-state index contributed by atoms with van der Waals surface area (Å²) in [5.74, 6) is 1.29. The van der Waals surface area contributed by atoms with Crippen molar-refractivity contribution in [3.8, 4) is 0 Å². The highest BCUT2D eigenvalue weighted by atomic mass is 16.7. The number of rotatable bonds is 4. The molecule has 0 aromatic heterocycles. The van der Waals surface area contributed by atoms with Crippen LogP contribution in [0.4, 0.5) is 0 Å². The van der Waals surface area contributed by atoms with Gasteiger partial charge in [0.2, 0.25) is 6.29 Å². The van der Waals surface area contributed by atoms with Gasteiger partial charge in [-0.15, -0.1) is 0 Å². The van der Waals surface area contributed by atoms with Gasteiger partial charge in [0.15, 0.2) is 0 Å². The Labute approximate surface area is 201 Å². The van der Waals surface area contributed by atoms with E-state index in [1.54, 1.807) is 0 Å². The predicted octanol–water partition coefficient (Wildman–Crippen LogP) is 1.35. The highest BCUT2D eigenvalue weighted by molar-refractivity contribution is 5.77. The Balaban J connectivity index is 1.37. The van der Waals surface area contributed by atoms with Crippen LogP contribution >= 0.6 is 0 Å². The molecule has 34 heavy (non-hydrogen) atoms. The van der Waals surface area contributed by atoms with Gasteiger partial charge in [-0.25, -0.2) is 0 Å². The molecule has 0 aromatic rings. The van der Waals surface area contributed by atoms with E-state index in [2.05, 4.69) is 6.92 Å². The monoisotopic (exact) mass is 482 g/mol. The summed E-state index contributed by atoms with van der Waals surface area (Å²) in [6, 6.07) is 0. The molecule has 0 aromatic carbocycles. The smallest absolute Gasteiger partial charge is 0.314 e. The Hall–Kier alpha value is -0.770. The molecule has 8 nitrogen and oxygen atoms in total. The van der Waals surface area contributed by atoms with Crippen molar-refractivity contribution < 1.29 is 39.8 Å². The number of aliphatic hydroxyl groups excluding tert-OH is 5. The molecular weight excluding hydrogens is 440 g/mol. The first kappa shape index (κ1) is 24.9. The Morgan fingerprint density at radius 3 is 2.38 bits per heavy atom. The van der Waals surface area contributed by atoms with Crippen LogP contribution in [0.25, 0.3) is 0 Å². The number of ether oxygens (including phenoxy) is 2. The highest BCUT2D eigenvalue weighted by Gasteiger charge is 2.66. The molecule has 194 valence electrons. The van der Waals surface area contributed by atoms with Gasteiger partial charge in [-0.3, -0.25) is 4.79 Å². The van der Waals surface area contributed by atoms with Crippen molar-refractivity contribution >= 4 is 5.97 Å². The number of aliphatic hydroxyl groups is 5. The van der Waals surface area contributed by atoms with Gasteiger partial charge in [0.05, 0.1) is 12.0 Å². The molecule has 8 heteroatoms. The Kier molecular flexibility index (Phi) is 6.35. The van der Waals surface area contributed by atoms with E-state index in [-0.39, 0.29) is 23.4 Å². The third kappa shape index (κ3) is 3.51. The minimum Gasteiger partial charge on any atom is -0.432 e. The van der Waals surface area contributed by atoms with Crippen LogP contribution in [-0.2, 0) is 14.3 Å². The van der Waals surface area contributed by atoms with E-state index < -0.39 is 48.7 Å². The van der Waals surface area contributed by atoms with Crippen molar-refractivity contribution in [2.24, 2.45) is 39.9 Å². The number of carbonyl (C=O) groups excluding carboxylic acids is 1. The average Bonchev–Trinajstić information content (AvgIpc) is 3.08. The Morgan fingerprint density at radius 2 is 1.68 bits per heavy atom. The summed E-state index contributed by atoms with van der Waals surface area (Å²) in [6.07, 6.45) is 2.18. The third-order valence-corrected chi connectivity index (χ3v) is 11.0. The average molecular weight is 483 g/mol. The topological polar surface area (TPSA) is 137 Å². The minimum atomic E-state index is -1.58. The lowest BCUT2D eigenvalue weighted by molar-refractivity contribution is -0.298. The van der Waals surface area contributed by atoms with Crippen molar-refractivity contribution in [3.05, 3.63) is 0 Å². The fraction of sp³-hybridized carbons (Fsp3) is 0.962. The molecule has 12 atom stereocenters.